The van der Waals surface area contributed by atoms with Crippen LogP contribution in [0.4, 0.5) is 5.95 Å². The van der Waals surface area contributed by atoms with Crippen LogP contribution in [0.5, 0.6) is 11.5 Å². The number of fused-ring (bicyclic) bond motifs is 3. The van der Waals surface area contributed by atoms with Crippen molar-refractivity contribution >= 4 is 5.95 Å². The topological polar surface area (TPSA) is 67.7 Å². The van der Waals surface area contributed by atoms with Gasteiger partial charge in [0.05, 0.1) is 25.7 Å². The minimum Gasteiger partial charge on any atom is -0.497 e. The summed E-state index contributed by atoms with van der Waals surface area (Å²) in [6, 6.07) is 7.89. The molecule has 2 atom stereocenters. The largest absolute Gasteiger partial charge is 0.497 e. The molecule has 0 radical (unpaired) electrons. The second-order valence-electron chi connectivity index (χ2n) is 7.10. The summed E-state index contributed by atoms with van der Waals surface area (Å²) >= 11 is 0. The summed E-state index contributed by atoms with van der Waals surface area (Å²) < 4.78 is 11.3. The van der Waals surface area contributed by atoms with Crippen molar-refractivity contribution in [2.45, 2.75) is 19.8 Å². The van der Waals surface area contributed by atoms with Gasteiger partial charge in [0.1, 0.15) is 11.5 Å². The summed E-state index contributed by atoms with van der Waals surface area (Å²) in [6.07, 6.45) is 0. The highest BCUT2D eigenvalue weighted by atomic mass is 16.5. The fourth-order valence-electron chi connectivity index (χ4n) is 4.03. The molecule has 0 spiro atoms. The molecule has 0 bridgehead atoms. The molecule has 1 saturated heterocycles. The maximum Gasteiger partial charge on any atom is 0.225 e. The van der Waals surface area contributed by atoms with Gasteiger partial charge >= 0.3 is 0 Å². The van der Waals surface area contributed by atoms with Gasteiger partial charge < -0.3 is 19.5 Å². The van der Waals surface area contributed by atoms with E-state index in [0.29, 0.717) is 13.2 Å². The van der Waals surface area contributed by atoms with Crippen molar-refractivity contribution in [1.29, 1.82) is 0 Å². The van der Waals surface area contributed by atoms with Gasteiger partial charge in [-0.25, -0.2) is 9.97 Å². The van der Waals surface area contributed by atoms with Crippen LogP contribution in [-0.2, 0) is 0 Å². The Morgan fingerprint density at radius 1 is 1.28 bits per heavy atom. The average molecular weight is 341 g/mol. The van der Waals surface area contributed by atoms with Gasteiger partial charge in [0, 0.05) is 42.0 Å². The van der Waals surface area contributed by atoms with E-state index in [1.807, 2.05) is 38.1 Å². The highest BCUT2D eigenvalue weighted by molar-refractivity contribution is 5.49. The van der Waals surface area contributed by atoms with E-state index in [9.17, 15) is 5.11 Å². The minimum atomic E-state index is -0.331. The molecule has 25 heavy (non-hydrogen) atoms. The molecular weight excluding hydrogens is 318 g/mol. The number of hydrogen-bond acceptors (Lipinski definition) is 6. The Morgan fingerprint density at radius 3 is 2.72 bits per heavy atom. The first-order chi connectivity index (χ1) is 12.0. The molecule has 132 valence electrons. The second kappa shape index (κ2) is 5.88. The molecule has 1 N–H and O–H groups in total. The van der Waals surface area contributed by atoms with E-state index in [4.69, 9.17) is 9.47 Å². The molecule has 2 aliphatic heterocycles. The molecule has 1 aromatic carbocycles. The molecule has 0 aliphatic carbocycles. The quantitative estimate of drug-likeness (QED) is 0.922. The van der Waals surface area contributed by atoms with Gasteiger partial charge in [0.2, 0.25) is 5.95 Å². The Kier molecular flexibility index (Phi) is 3.80. The number of aromatic nitrogens is 2. The lowest BCUT2D eigenvalue weighted by atomic mass is 9.74. The smallest absolute Gasteiger partial charge is 0.225 e. The number of benzene rings is 1. The van der Waals surface area contributed by atoms with Crippen molar-refractivity contribution in [3.63, 3.8) is 0 Å². The van der Waals surface area contributed by atoms with Crippen LogP contribution in [0.15, 0.2) is 24.3 Å². The number of hydrogen-bond donors (Lipinski definition) is 1. The number of ether oxygens (including phenoxy) is 2. The zero-order valence-corrected chi connectivity index (χ0v) is 14.8. The number of rotatable bonds is 3. The second-order valence-corrected chi connectivity index (χ2v) is 7.10. The Morgan fingerprint density at radius 2 is 2.04 bits per heavy atom. The molecule has 1 aromatic heterocycles. The third-order valence-electron chi connectivity index (χ3n) is 5.33. The van der Waals surface area contributed by atoms with E-state index < -0.39 is 0 Å². The third-order valence-corrected chi connectivity index (χ3v) is 5.33. The summed E-state index contributed by atoms with van der Waals surface area (Å²) in [6.45, 7) is 5.97. The number of methoxy groups -OCH3 is 1. The van der Waals surface area contributed by atoms with Gasteiger partial charge in [-0.1, -0.05) is 6.07 Å². The highest BCUT2D eigenvalue weighted by Crippen LogP contribution is 2.50. The fraction of sp³-hybridized carbons (Fsp3) is 0.474. The fourth-order valence-corrected chi connectivity index (χ4v) is 4.03. The highest BCUT2D eigenvalue weighted by Gasteiger charge is 2.51. The third kappa shape index (κ3) is 2.61. The van der Waals surface area contributed by atoms with Crippen molar-refractivity contribution in [3.05, 3.63) is 41.2 Å². The average Bonchev–Trinajstić information content (AvgIpc) is 3.01. The SMILES string of the molecule is COc1ccc2c(c1)OC[C@]1(CO)CN(c3nc(C)cc(C)n3)C[C@H]21. The van der Waals surface area contributed by atoms with Crippen molar-refractivity contribution in [3.8, 4) is 11.5 Å². The molecule has 2 aliphatic rings. The van der Waals surface area contributed by atoms with Crippen molar-refractivity contribution in [1.82, 2.24) is 9.97 Å². The van der Waals surface area contributed by atoms with Crippen molar-refractivity contribution < 1.29 is 14.6 Å². The number of nitrogens with zero attached hydrogens (tertiary/aromatic N) is 3. The molecular formula is C19H23N3O3. The lowest BCUT2D eigenvalue weighted by Crippen LogP contribution is -2.42. The van der Waals surface area contributed by atoms with E-state index in [-0.39, 0.29) is 17.9 Å². The maximum atomic E-state index is 10.2. The van der Waals surface area contributed by atoms with E-state index in [1.54, 1.807) is 7.11 Å². The molecule has 1 fully saturated rings. The summed E-state index contributed by atoms with van der Waals surface area (Å²) in [5, 5.41) is 10.2. The minimum absolute atomic E-state index is 0.0738. The number of anilines is 1. The molecule has 0 amide bonds. The molecule has 0 saturated carbocycles. The predicted octanol–water partition coefficient (Wildman–Crippen LogP) is 2.08. The van der Waals surface area contributed by atoms with Crippen LogP contribution in [0.1, 0.15) is 22.9 Å². The van der Waals surface area contributed by atoms with E-state index in [1.165, 1.54) is 0 Å². The van der Waals surface area contributed by atoms with Crippen molar-refractivity contribution in [2.75, 3.05) is 38.3 Å². The van der Waals surface area contributed by atoms with Gasteiger partial charge in [-0.05, 0) is 26.0 Å². The molecule has 4 rings (SSSR count). The summed E-state index contributed by atoms with van der Waals surface area (Å²) in [5.41, 5.74) is 2.70. The number of aryl methyl sites for hydroxylation is 2. The molecule has 6 heteroatoms. The van der Waals surface area contributed by atoms with Crippen LogP contribution >= 0.6 is 0 Å². The van der Waals surface area contributed by atoms with E-state index >= 15 is 0 Å². The Hall–Kier alpha value is -2.34. The van der Waals surface area contributed by atoms with Crippen LogP contribution < -0.4 is 14.4 Å². The van der Waals surface area contributed by atoms with Gasteiger partial charge in [0.25, 0.3) is 0 Å². The first-order valence-corrected chi connectivity index (χ1v) is 8.53. The number of aliphatic hydroxyl groups is 1. The summed E-state index contributed by atoms with van der Waals surface area (Å²) in [7, 11) is 1.65. The normalized spacial score (nSPS) is 24.5. The van der Waals surface area contributed by atoms with E-state index in [2.05, 4.69) is 14.9 Å². The van der Waals surface area contributed by atoms with E-state index in [0.717, 1.165) is 40.9 Å². The van der Waals surface area contributed by atoms with Gasteiger partial charge in [0.15, 0.2) is 0 Å². The standard InChI is InChI=1S/C19H23N3O3/c1-12-6-13(2)21-18(20-12)22-8-16-15-5-4-14(24-3)7-17(15)25-11-19(16,9-22)10-23/h4-7,16,23H,8-11H2,1-3H3/t16-,19-/m1/s1. The molecule has 3 heterocycles. The molecule has 2 aromatic rings. The monoisotopic (exact) mass is 341 g/mol. The first kappa shape index (κ1) is 16.1. The first-order valence-electron chi connectivity index (χ1n) is 8.53. The Bertz CT molecular complexity index is 790. The van der Waals surface area contributed by atoms with Crippen LogP contribution in [0.25, 0.3) is 0 Å². The lowest BCUT2D eigenvalue weighted by molar-refractivity contribution is 0.0533. The lowest BCUT2D eigenvalue weighted by Gasteiger charge is -2.37. The zero-order valence-electron chi connectivity index (χ0n) is 14.8. The van der Waals surface area contributed by atoms with Crippen molar-refractivity contribution in [2.24, 2.45) is 5.41 Å². The van der Waals surface area contributed by atoms with Gasteiger partial charge in [-0.2, -0.15) is 0 Å². The Labute approximate surface area is 147 Å². The van der Waals surface area contributed by atoms with Crippen LogP contribution in [0.2, 0.25) is 0 Å². The van der Waals surface area contributed by atoms with Gasteiger partial charge in [-0.15, -0.1) is 0 Å². The van der Waals surface area contributed by atoms with Crippen LogP contribution in [0, 0.1) is 19.3 Å². The maximum absolute atomic E-state index is 10.2. The molecule has 0 unspecified atom stereocenters. The summed E-state index contributed by atoms with van der Waals surface area (Å²) in [4.78, 5) is 11.4. The number of aliphatic hydroxyl groups excluding tert-OH is 1. The van der Waals surface area contributed by atoms with Crippen LogP contribution in [0.3, 0.4) is 0 Å². The zero-order chi connectivity index (χ0) is 17.6. The van der Waals surface area contributed by atoms with Gasteiger partial charge in [-0.3, -0.25) is 0 Å². The molecule has 6 nitrogen and oxygen atoms in total. The summed E-state index contributed by atoms with van der Waals surface area (Å²) in [5.74, 6) is 2.53. The predicted molar refractivity (Wildman–Crippen MR) is 94.5 cm³/mol. The Balaban J connectivity index is 1.72. The van der Waals surface area contributed by atoms with Crippen LogP contribution in [-0.4, -0.2) is 48.5 Å².